The first kappa shape index (κ1) is 19.1. The van der Waals surface area contributed by atoms with Gasteiger partial charge in [0, 0.05) is 0 Å². The van der Waals surface area contributed by atoms with Crippen LogP contribution in [0, 0.1) is 0 Å². The standard InChI is InChI=1S/C17H21INO4P/c1-14(17(20)22-13-15-9-5-3-6-10-15)19-24(2,18,21)23-16-11-7-4-8-12-16/h3-12,14,19,21H,13H2,1-2H3/t14-/m0/s1. The fourth-order valence-electron chi connectivity index (χ4n) is 2.09. The van der Waals surface area contributed by atoms with Gasteiger partial charge in [-0.1, -0.05) is 0 Å². The van der Waals surface area contributed by atoms with Crippen molar-refractivity contribution in [1.29, 1.82) is 0 Å². The monoisotopic (exact) mass is 461 g/mol. The van der Waals surface area contributed by atoms with Gasteiger partial charge >= 0.3 is 155 Å². The Bertz CT molecular complexity index is 673. The van der Waals surface area contributed by atoms with E-state index in [1.54, 1.807) is 25.7 Å². The number of benzene rings is 2. The number of carbonyl (C=O) groups is 1. The van der Waals surface area contributed by atoms with E-state index in [0.717, 1.165) is 5.56 Å². The van der Waals surface area contributed by atoms with E-state index in [2.05, 4.69) is 5.09 Å². The summed E-state index contributed by atoms with van der Waals surface area (Å²) in [4.78, 5) is 19.2. The van der Waals surface area contributed by atoms with Crippen LogP contribution in [0.5, 0.6) is 5.75 Å². The van der Waals surface area contributed by atoms with Gasteiger partial charge in [0.15, 0.2) is 0 Å². The van der Waals surface area contributed by atoms with E-state index in [1.807, 2.05) is 70.6 Å². The summed E-state index contributed by atoms with van der Waals surface area (Å²) in [5.74, 6) is 0.0870. The predicted octanol–water partition coefficient (Wildman–Crippen LogP) is 4.06. The average Bonchev–Trinajstić information content (AvgIpc) is 2.52. The summed E-state index contributed by atoms with van der Waals surface area (Å²) < 4.78 is 11.0. The SMILES string of the molecule is C[C@H](NP(C)(O)(I)Oc1ccccc1)C(=O)OCc1ccccc1. The summed E-state index contributed by atoms with van der Waals surface area (Å²) in [6, 6.07) is 17.7. The van der Waals surface area contributed by atoms with E-state index in [0.29, 0.717) is 5.75 Å². The van der Waals surface area contributed by atoms with E-state index in [4.69, 9.17) is 9.26 Å². The van der Waals surface area contributed by atoms with E-state index in [-0.39, 0.29) is 6.61 Å². The van der Waals surface area contributed by atoms with Crippen molar-refractivity contribution in [3.8, 4) is 5.75 Å². The number of rotatable bonds is 7. The second-order valence-electron chi connectivity index (χ2n) is 5.63. The Kier molecular flexibility index (Phi) is 6.20. The third-order valence-corrected chi connectivity index (χ3v) is 6.15. The van der Waals surface area contributed by atoms with Crippen molar-refractivity contribution in [3.05, 3.63) is 66.2 Å². The molecule has 5 nitrogen and oxygen atoms in total. The Morgan fingerprint density at radius 3 is 2.29 bits per heavy atom. The number of halogens is 1. The van der Waals surface area contributed by atoms with Crippen molar-refractivity contribution in [1.82, 2.24) is 5.09 Å². The topological polar surface area (TPSA) is 67.8 Å². The number of hydrogen-bond donors (Lipinski definition) is 2. The molecule has 0 radical (unpaired) electrons. The van der Waals surface area contributed by atoms with Crippen molar-refractivity contribution in [2.45, 2.75) is 19.6 Å². The molecule has 0 saturated heterocycles. The molecule has 0 aromatic heterocycles. The molecule has 2 aromatic rings. The molecule has 24 heavy (non-hydrogen) atoms. The number of para-hydroxylation sites is 1. The first-order valence-corrected chi connectivity index (χ1v) is 12.8. The third-order valence-electron chi connectivity index (χ3n) is 3.12. The predicted molar refractivity (Wildman–Crippen MR) is 105 cm³/mol. The molecule has 0 fully saturated rings. The number of nitrogens with one attached hydrogen (secondary N) is 1. The van der Waals surface area contributed by atoms with E-state index < -0.39 is 16.9 Å². The first-order valence-electron chi connectivity index (χ1n) is 7.45. The van der Waals surface area contributed by atoms with E-state index in [9.17, 15) is 9.69 Å². The minimum absolute atomic E-state index is 0.192. The van der Waals surface area contributed by atoms with Crippen LogP contribution in [0.25, 0.3) is 0 Å². The van der Waals surface area contributed by atoms with Crippen molar-refractivity contribution in [3.63, 3.8) is 0 Å². The quantitative estimate of drug-likeness (QED) is 0.370. The first-order chi connectivity index (χ1) is 11.2. The van der Waals surface area contributed by atoms with Crippen LogP contribution in [0.15, 0.2) is 60.7 Å². The molecule has 2 aromatic carbocycles. The van der Waals surface area contributed by atoms with Gasteiger partial charge in [0.1, 0.15) is 0 Å². The Morgan fingerprint density at radius 1 is 1.17 bits per heavy atom. The molecule has 0 aliphatic heterocycles. The number of ether oxygens (including phenoxy) is 1. The summed E-state index contributed by atoms with van der Waals surface area (Å²) in [5, 5.41) is 2.89. The third kappa shape index (κ3) is 6.36. The molecule has 0 aliphatic carbocycles. The summed E-state index contributed by atoms with van der Waals surface area (Å²) in [5.41, 5.74) is 0.908. The maximum atomic E-state index is 12.2. The zero-order valence-electron chi connectivity index (χ0n) is 13.6. The van der Waals surface area contributed by atoms with E-state index >= 15 is 0 Å². The van der Waals surface area contributed by atoms with Crippen LogP contribution in [-0.4, -0.2) is 23.6 Å². The van der Waals surface area contributed by atoms with Crippen LogP contribution < -0.4 is 9.61 Å². The van der Waals surface area contributed by atoms with Crippen LogP contribution in [-0.2, 0) is 16.1 Å². The van der Waals surface area contributed by atoms with Gasteiger partial charge < -0.3 is 0 Å². The zero-order chi connectivity index (χ0) is 17.7. The van der Waals surface area contributed by atoms with Crippen molar-refractivity contribution >= 4 is 32.9 Å². The van der Waals surface area contributed by atoms with Gasteiger partial charge in [-0.05, 0) is 0 Å². The van der Waals surface area contributed by atoms with Gasteiger partial charge in [-0.15, -0.1) is 0 Å². The van der Waals surface area contributed by atoms with Gasteiger partial charge in [-0.25, -0.2) is 0 Å². The van der Waals surface area contributed by atoms with Crippen LogP contribution in [0.1, 0.15) is 12.5 Å². The molecule has 0 aliphatic rings. The fourth-order valence-corrected chi connectivity index (χ4v) is 5.66. The molecule has 1 atom stereocenters. The molecule has 0 heterocycles. The van der Waals surface area contributed by atoms with Crippen molar-refractivity contribution in [2.75, 3.05) is 6.66 Å². The molecular formula is C17H21INO4P. The molecule has 2 rings (SSSR count). The molecule has 2 N–H and O–H groups in total. The molecule has 0 bridgehead atoms. The van der Waals surface area contributed by atoms with Crippen molar-refractivity contribution in [2.24, 2.45) is 0 Å². The van der Waals surface area contributed by atoms with Gasteiger partial charge in [0.05, 0.1) is 0 Å². The van der Waals surface area contributed by atoms with E-state index in [1.165, 1.54) is 0 Å². The van der Waals surface area contributed by atoms with Gasteiger partial charge in [0.25, 0.3) is 0 Å². The molecular weight excluding hydrogens is 440 g/mol. The minimum atomic E-state index is -3.74. The maximum absolute atomic E-state index is 12.2. The molecule has 0 unspecified atom stereocenters. The summed E-state index contributed by atoms with van der Waals surface area (Å²) in [7, 11) is 0. The Morgan fingerprint density at radius 2 is 1.71 bits per heavy atom. The molecule has 0 amide bonds. The summed E-state index contributed by atoms with van der Waals surface area (Å²) >= 11 is 1.85. The second-order valence-corrected chi connectivity index (χ2v) is 15.4. The Hall–Kier alpha value is -1.21. The van der Waals surface area contributed by atoms with Crippen LogP contribution in [0.3, 0.4) is 0 Å². The normalized spacial score (nSPS) is 14.2. The molecule has 0 saturated carbocycles. The molecule has 0 spiro atoms. The second kappa shape index (κ2) is 7.78. The Labute approximate surface area is 155 Å². The molecule has 130 valence electrons. The number of hydrogen-bond acceptors (Lipinski definition) is 5. The Balaban J connectivity index is 1.93. The van der Waals surface area contributed by atoms with Crippen LogP contribution >= 0.6 is 26.9 Å². The zero-order valence-corrected chi connectivity index (χ0v) is 16.6. The van der Waals surface area contributed by atoms with Crippen molar-refractivity contribution < 1.29 is 18.9 Å². The average molecular weight is 461 g/mol. The summed E-state index contributed by atoms with van der Waals surface area (Å²) in [6.07, 6.45) is 0. The van der Waals surface area contributed by atoms with Gasteiger partial charge in [0.2, 0.25) is 0 Å². The van der Waals surface area contributed by atoms with Gasteiger partial charge in [-0.2, -0.15) is 0 Å². The number of esters is 1. The van der Waals surface area contributed by atoms with Crippen LogP contribution in [0.2, 0.25) is 0 Å². The van der Waals surface area contributed by atoms with Gasteiger partial charge in [-0.3, -0.25) is 0 Å². The summed E-state index contributed by atoms with van der Waals surface area (Å²) in [6.45, 7) is 3.40. The number of carbonyl (C=O) groups excluding carboxylic acids is 1. The fraction of sp³-hybridized carbons (Fsp3) is 0.235. The van der Waals surface area contributed by atoms with Crippen LogP contribution in [0.4, 0.5) is 0 Å². The molecule has 7 heteroatoms.